The number of nitrogens with zero attached hydrogens (tertiary/aromatic N) is 1. The van der Waals surface area contributed by atoms with E-state index >= 15 is 0 Å². The molecule has 0 N–H and O–H groups in total. The van der Waals surface area contributed by atoms with Crippen molar-refractivity contribution in [2.75, 3.05) is 19.7 Å². The normalized spacial score (nSPS) is 21.5. The van der Waals surface area contributed by atoms with E-state index in [1.165, 1.54) is 6.07 Å². The highest BCUT2D eigenvalue weighted by molar-refractivity contribution is 6.33. The van der Waals surface area contributed by atoms with Gasteiger partial charge in [0.05, 0.1) is 22.8 Å². The van der Waals surface area contributed by atoms with Gasteiger partial charge in [0.1, 0.15) is 5.82 Å². The SMILES string of the molecule is C[C@@H]1CN(C(=O)COC(=O)c2ccc(F)cc2Cl)C[C@@H](C)O1. The summed E-state index contributed by atoms with van der Waals surface area (Å²) in [5.74, 6) is -1.60. The molecular weight excluding hydrogens is 313 g/mol. The average molecular weight is 330 g/mol. The Bertz CT molecular complexity index is 571. The van der Waals surface area contributed by atoms with Gasteiger partial charge in [-0.15, -0.1) is 0 Å². The fraction of sp³-hybridized carbons (Fsp3) is 0.467. The molecule has 5 nitrogen and oxygen atoms in total. The van der Waals surface area contributed by atoms with Gasteiger partial charge in [0.25, 0.3) is 5.91 Å². The van der Waals surface area contributed by atoms with Crippen LogP contribution >= 0.6 is 11.6 Å². The van der Waals surface area contributed by atoms with E-state index in [2.05, 4.69) is 0 Å². The number of morpholine rings is 1. The van der Waals surface area contributed by atoms with Gasteiger partial charge < -0.3 is 14.4 Å². The summed E-state index contributed by atoms with van der Waals surface area (Å²) < 4.78 is 23.4. The molecule has 2 rings (SSSR count). The number of rotatable bonds is 3. The first-order valence-electron chi connectivity index (χ1n) is 6.92. The Hall–Kier alpha value is -1.66. The van der Waals surface area contributed by atoms with E-state index in [0.717, 1.165) is 12.1 Å². The molecule has 0 saturated carbocycles. The molecule has 0 bridgehead atoms. The number of ether oxygens (including phenoxy) is 2. The molecule has 1 saturated heterocycles. The van der Waals surface area contributed by atoms with E-state index in [1.807, 2.05) is 13.8 Å². The van der Waals surface area contributed by atoms with Gasteiger partial charge >= 0.3 is 5.97 Å². The highest BCUT2D eigenvalue weighted by Gasteiger charge is 2.26. The first-order valence-corrected chi connectivity index (χ1v) is 7.30. The van der Waals surface area contributed by atoms with Gasteiger partial charge in [-0.05, 0) is 32.0 Å². The van der Waals surface area contributed by atoms with Crippen molar-refractivity contribution < 1.29 is 23.5 Å². The monoisotopic (exact) mass is 329 g/mol. The second-order valence-corrected chi connectivity index (χ2v) is 5.66. The van der Waals surface area contributed by atoms with Crippen LogP contribution in [0.25, 0.3) is 0 Å². The maximum atomic E-state index is 12.9. The molecule has 0 unspecified atom stereocenters. The zero-order valence-corrected chi connectivity index (χ0v) is 13.1. The second kappa shape index (κ2) is 7.07. The first kappa shape index (κ1) is 16.7. The highest BCUT2D eigenvalue weighted by atomic mass is 35.5. The Labute approximate surface area is 132 Å². The zero-order valence-electron chi connectivity index (χ0n) is 12.3. The molecule has 1 aliphatic heterocycles. The van der Waals surface area contributed by atoms with Crippen LogP contribution in [0.3, 0.4) is 0 Å². The van der Waals surface area contributed by atoms with Crippen LogP contribution in [0, 0.1) is 5.82 Å². The summed E-state index contributed by atoms with van der Waals surface area (Å²) in [5.41, 5.74) is 0.0274. The highest BCUT2D eigenvalue weighted by Crippen LogP contribution is 2.18. The molecule has 1 aliphatic rings. The van der Waals surface area contributed by atoms with Gasteiger partial charge in [-0.3, -0.25) is 4.79 Å². The molecule has 1 aromatic rings. The number of hydrogen-bond donors (Lipinski definition) is 0. The standard InChI is InChI=1S/C15H17ClFNO4/c1-9-6-18(7-10(2)22-9)14(19)8-21-15(20)12-4-3-11(17)5-13(12)16/h3-5,9-10H,6-8H2,1-2H3/t9-,10-/m1/s1. The van der Waals surface area contributed by atoms with Crippen molar-refractivity contribution in [2.24, 2.45) is 0 Å². The fourth-order valence-corrected chi connectivity index (χ4v) is 2.58. The number of amides is 1. The summed E-state index contributed by atoms with van der Waals surface area (Å²) >= 11 is 5.77. The van der Waals surface area contributed by atoms with Crippen LogP contribution in [0.4, 0.5) is 4.39 Å². The Morgan fingerprint density at radius 2 is 2.00 bits per heavy atom. The van der Waals surface area contributed by atoms with Gasteiger partial charge in [-0.25, -0.2) is 9.18 Å². The zero-order chi connectivity index (χ0) is 16.3. The molecule has 1 heterocycles. The van der Waals surface area contributed by atoms with Crippen molar-refractivity contribution in [1.82, 2.24) is 4.90 Å². The number of hydrogen-bond acceptors (Lipinski definition) is 4. The number of esters is 1. The molecular formula is C15H17ClFNO4. The minimum Gasteiger partial charge on any atom is -0.452 e. The number of carbonyl (C=O) groups is 2. The molecule has 1 aromatic carbocycles. The van der Waals surface area contributed by atoms with E-state index < -0.39 is 11.8 Å². The van der Waals surface area contributed by atoms with E-state index in [1.54, 1.807) is 4.90 Å². The molecule has 0 radical (unpaired) electrons. The quantitative estimate of drug-likeness (QED) is 0.798. The molecule has 1 fully saturated rings. The summed E-state index contributed by atoms with van der Waals surface area (Å²) in [5, 5.41) is -0.0499. The van der Waals surface area contributed by atoms with Crippen molar-refractivity contribution in [3.8, 4) is 0 Å². The summed E-state index contributed by atoms with van der Waals surface area (Å²) in [6.07, 6.45) is -0.120. The van der Waals surface area contributed by atoms with Crippen molar-refractivity contribution in [2.45, 2.75) is 26.1 Å². The number of benzene rings is 1. The van der Waals surface area contributed by atoms with Crippen molar-refractivity contribution in [3.05, 3.63) is 34.6 Å². The molecule has 7 heteroatoms. The summed E-state index contributed by atoms with van der Waals surface area (Å²) in [7, 11) is 0. The number of carbonyl (C=O) groups excluding carboxylic acids is 2. The van der Waals surface area contributed by atoms with Gasteiger partial charge in [0, 0.05) is 13.1 Å². The predicted molar refractivity (Wildman–Crippen MR) is 78.3 cm³/mol. The maximum absolute atomic E-state index is 12.9. The lowest BCUT2D eigenvalue weighted by Gasteiger charge is -2.35. The van der Waals surface area contributed by atoms with E-state index in [4.69, 9.17) is 21.1 Å². The first-order chi connectivity index (χ1) is 10.4. The maximum Gasteiger partial charge on any atom is 0.340 e. The molecule has 1 amide bonds. The van der Waals surface area contributed by atoms with Crippen LogP contribution in [0.2, 0.25) is 5.02 Å². The molecule has 0 spiro atoms. The largest absolute Gasteiger partial charge is 0.452 e. The number of halogens is 2. The smallest absolute Gasteiger partial charge is 0.340 e. The Morgan fingerprint density at radius 3 is 2.59 bits per heavy atom. The van der Waals surface area contributed by atoms with Crippen LogP contribution in [-0.2, 0) is 14.3 Å². The Kier molecular flexibility index (Phi) is 5.37. The molecule has 0 aromatic heterocycles. The van der Waals surface area contributed by atoms with Gasteiger partial charge in [0.2, 0.25) is 0 Å². The van der Waals surface area contributed by atoms with Crippen LogP contribution in [0.15, 0.2) is 18.2 Å². The summed E-state index contributed by atoms with van der Waals surface area (Å²) in [6.45, 7) is 4.28. The van der Waals surface area contributed by atoms with Crippen molar-refractivity contribution in [3.63, 3.8) is 0 Å². The van der Waals surface area contributed by atoms with Crippen LogP contribution in [0.1, 0.15) is 24.2 Å². The third kappa shape index (κ3) is 4.18. The van der Waals surface area contributed by atoms with E-state index in [-0.39, 0.29) is 35.3 Å². The van der Waals surface area contributed by atoms with Crippen LogP contribution < -0.4 is 0 Å². The molecule has 120 valence electrons. The fourth-order valence-electron chi connectivity index (χ4n) is 2.33. The third-order valence-corrected chi connectivity index (χ3v) is 3.56. The topological polar surface area (TPSA) is 55.8 Å². The lowest BCUT2D eigenvalue weighted by molar-refractivity contribution is -0.146. The van der Waals surface area contributed by atoms with Crippen LogP contribution in [-0.4, -0.2) is 48.7 Å². The third-order valence-electron chi connectivity index (χ3n) is 3.25. The molecule has 0 aliphatic carbocycles. The van der Waals surface area contributed by atoms with Crippen molar-refractivity contribution >= 4 is 23.5 Å². The summed E-state index contributed by atoms with van der Waals surface area (Å²) in [4.78, 5) is 25.5. The van der Waals surface area contributed by atoms with Gasteiger partial charge in [-0.2, -0.15) is 0 Å². The van der Waals surface area contributed by atoms with E-state index in [9.17, 15) is 14.0 Å². The lowest BCUT2D eigenvalue weighted by atomic mass is 10.2. The van der Waals surface area contributed by atoms with Gasteiger partial charge in [0.15, 0.2) is 6.61 Å². The van der Waals surface area contributed by atoms with Crippen molar-refractivity contribution in [1.29, 1.82) is 0 Å². The van der Waals surface area contributed by atoms with Crippen LogP contribution in [0.5, 0.6) is 0 Å². The Balaban J connectivity index is 1.91. The predicted octanol–water partition coefficient (Wildman–Crippen LogP) is 2.27. The van der Waals surface area contributed by atoms with E-state index in [0.29, 0.717) is 13.1 Å². The molecule has 2 atom stereocenters. The molecule has 22 heavy (non-hydrogen) atoms. The average Bonchev–Trinajstić information content (AvgIpc) is 2.43. The minimum atomic E-state index is -0.757. The Morgan fingerprint density at radius 1 is 1.36 bits per heavy atom. The lowest BCUT2D eigenvalue weighted by Crippen LogP contribution is -2.49. The minimum absolute atomic E-state index is 0.0274. The van der Waals surface area contributed by atoms with Gasteiger partial charge in [-0.1, -0.05) is 11.6 Å². The second-order valence-electron chi connectivity index (χ2n) is 5.26. The summed E-state index contributed by atoms with van der Waals surface area (Å²) in [6, 6.07) is 3.35.